The number of thiophene rings is 1. The van der Waals surface area contributed by atoms with E-state index in [0.717, 1.165) is 32.3 Å². The summed E-state index contributed by atoms with van der Waals surface area (Å²) in [6.07, 6.45) is 0.668. The molecule has 0 radical (unpaired) electrons. The van der Waals surface area contributed by atoms with Crippen molar-refractivity contribution >= 4 is 44.1 Å². The predicted octanol–water partition coefficient (Wildman–Crippen LogP) is 8.08. The molecule has 0 unspecified atom stereocenters. The number of hydrogen-bond acceptors (Lipinski definition) is 3. The number of rotatable bonds is 7. The lowest BCUT2D eigenvalue weighted by molar-refractivity contribution is 0.0696. The van der Waals surface area contributed by atoms with Gasteiger partial charge >= 0.3 is 5.97 Å². The summed E-state index contributed by atoms with van der Waals surface area (Å²) in [5.74, 6) is -1.58. The molecule has 0 aliphatic heterocycles. The number of halogens is 1. The average molecular weight is 546 g/mol. The minimum Gasteiger partial charge on any atom is -0.478 e. The fraction of sp³-hybridized carbons (Fsp3) is 0.0588. The summed E-state index contributed by atoms with van der Waals surface area (Å²) in [6.45, 7) is 0.245. The number of fused-ring (bicyclic) bond motifs is 2. The summed E-state index contributed by atoms with van der Waals surface area (Å²) in [6, 6.07) is 31.3. The van der Waals surface area contributed by atoms with E-state index in [1.165, 1.54) is 35.0 Å². The number of carboxylic acid groups (broad SMARTS) is 1. The van der Waals surface area contributed by atoms with Gasteiger partial charge < -0.3 is 10.4 Å². The van der Waals surface area contributed by atoms with Crippen LogP contribution in [0.15, 0.2) is 109 Å². The number of carbonyl (C=O) groups is 2. The van der Waals surface area contributed by atoms with Crippen molar-refractivity contribution in [2.24, 2.45) is 0 Å². The zero-order valence-corrected chi connectivity index (χ0v) is 22.2. The zero-order chi connectivity index (χ0) is 27.6. The van der Waals surface area contributed by atoms with Crippen LogP contribution in [0.25, 0.3) is 32.0 Å². The molecule has 1 heterocycles. The minimum absolute atomic E-state index is 0.191. The van der Waals surface area contributed by atoms with Crippen LogP contribution in [0.4, 0.5) is 4.39 Å². The molecule has 0 spiro atoms. The average Bonchev–Trinajstić information content (AvgIpc) is 3.38. The molecule has 6 rings (SSSR count). The molecule has 0 fully saturated rings. The first-order valence-corrected chi connectivity index (χ1v) is 13.7. The smallest absolute Gasteiger partial charge is 0.335 e. The molecular weight excluding hydrogens is 521 g/mol. The Kier molecular flexibility index (Phi) is 6.84. The van der Waals surface area contributed by atoms with Crippen molar-refractivity contribution in [1.29, 1.82) is 0 Å². The summed E-state index contributed by atoms with van der Waals surface area (Å²) < 4.78 is 15.0. The van der Waals surface area contributed by atoms with Crippen LogP contribution >= 0.6 is 11.3 Å². The van der Waals surface area contributed by atoms with Crippen LogP contribution in [0, 0.1) is 5.82 Å². The predicted molar refractivity (Wildman–Crippen MR) is 159 cm³/mol. The SMILES string of the molecule is O=C(O)c1ccc(CNC(=O)c2cc(-c3cccc(F)c3)cc3scc(Cc4ccc5ccccc5c4)c23)cc1. The van der Waals surface area contributed by atoms with Gasteiger partial charge in [0.15, 0.2) is 0 Å². The zero-order valence-electron chi connectivity index (χ0n) is 21.4. The number of nitrogens with one attached hydrogen (secondary N) is 1. The van der Waals surface area contributed by atoms with E-state index >= 15 is 0 Å². The van der Waals surface area contributed by atoms with Crippen molar-refractivity contribution in [3.63, 3.8) is 0 Å². The molecule has 5 aromatic carbocycles. The van der Waals surface area contributed by atoms with E-state index in [9.17, 15) is 14.0 Å². The quantitative estimate of drug-likeness (QED) is 0.213. The molecule has 0 aliphatic carbocycles. The van der Waals surface area contributed by atoms with Crippen molar-refractivity contribution in [2.75, 3.05) is 0 Å². The third kappa shape index (κ3) is 5.22. The van der Waals surface area contributed by atoms with Crippen molar-refractivity contribution in [3.05, 3.63) is 142 Å². The van der Waals surface area contributed by atoms with E-state index < -0.39 is 5.97 Å². The lowest BCUT2D eigenvalue weighted by Gasteiger charge is -2.12. The number of amides is 1. The van der Waals surface area contributed by atoms with Gasteiger partial charge in [0.1, 0.15) is 5.82 Å². The first-order chi connectivity index (χ1) is 19.4. The highest BCUT2D eigenvalue weighted by atomic mass is 32.1. The van der Waals surface area contributed by atoms with Gasteiger partial charge in [-0.15, -0.1) is 11.3 Å². The highest BCUT2D eigenvalue weighted by molar-refractivity contribution is 7.17. The van der Waals surface area contributed by atoms with Crippen LogP contribution in [-0.2, 0) is 13.0 Å². The second kappa shape index (κ2) is 10.8. The van der Waals surface area contributed by atoms with Crippen LogP contribution in [0.5, 0.6) is 0 Å². The van der Waals surface area contributed by atoms with Gasteiger partial charge in [-0.3, -0.25) is 4.79 Å². The maximum atomic E-state index is 14.1. The normalized spacial score (nSPS) is 11.1. The Balaban J connectivity index is 1.38. The monoisotopic (exact) mass is 545 g/mol. The molecule has 1 amide bonds. The summed E-state index contributed by atoms with van der Waals surface area (Å²) in [4.78, 5) is 24.8. The summed E-state index contributed by atoms with van der Waals surface area (Å²) in [5.41, 5.74) is 5.17. The van der Waals surface area contributed by atoms with Crippen LogP contribution in [0.3, 0.4) is 0 Å². The topological polar surface area (TPSA) is 66.4 Å². The van der Waals surface area contributed by atoms with Gasteiger partial charge in [0, 0.05) is 22.2 Å². The first-order valence-electron chi connectivity index (χ1n) is 12.8. The molecule has 1 aromatic heterocycles. The van der Waals surface area contributed by atoms with Gasteiger partial charge in [0.2, 0.25) is 0 Å². The van der Waals surface area contributed by atoms with Crippen molar-refractivity contribution in [3.8, 4) is 11.1 Å². The fourth-order valence-corrected chi connectivity index (χ4v) is 6.01. The number of aromatic carboxylic acids is 1. The Labute approximate surface area is 234 Å². The number of hydrogen-bond donors (Lipinski definition) is 2. The Morgan fingerprint density at radius 2 is 1.55 bits per heavy atom. The van der Waals surface area contributed by atoms with E-state index in [2.05, 4.69) is 41.0 Å². The van der Waals surface area contributed by atoms with Crippen LogP contribution < -0.4 is 5.32 Å². The minimum atomic E-state index is -0.997. The highest BCUT2D eigenvalue weighted by Gasteiger charge is 2.18. The summed E-state index contributed by atoms with van der Waals surface area (Å²) in [5, 5.41) is 17.5. The molecule has 6 aromatic rings. The Hall–Kier alpha value is -4.81. The van der Waals surface area contributed by atoms with Gasteiger partial charge in [0.05, 0.1) is 5.56 Å². The molecular formula is C34H24FNO3S. The van der Waals surface area contributed by atoms with Gasteiger partial charge in [-0.05, 0) is 86.8 Å². The number of carbonyl (C=O) groups excluding carboxylic acids is 1. The first kappa shape index (κ1) is 25.5. The number of benzene rings is 5. The molecule has 0 aliphatic rings. The lowest BCUT2D eigenvalue weighted by Crippen LogP contribution is -2.23. The molecule has 0 bridgehead atoms. The highest BCUT2D eigenvalue weighted by Crippen LogP contribution is 2.36. The molecule has 0 saturated heterocycles. The van der Waals surface area contributed by atoms with Crippen LogP contribution in [0.1, 0.15) is 37.4 Å². The Morgan fingerprint density at radius 1 is 0.775 bits per heavy atom. The Bertz CT molecular complexity index is 1890. The van der Waals surface area contributed by atoms with Crippen LogP contribution in [0.2, 0.25) is 0 Å². The molecule has 0 atom stereocenters. The van der Waals surface area contributed by atoms with Gasteiger partial charge in [-0.2, -0.15) is 0 Å². The van der Waals surface area contributed by atoms with Crippen molar-refractivity contribution < 1.29 is 19.1 Å². The molecule has 6 heteroatoms. The standard InChI is InChI=1S/C34H24FNO3S/c35-29-7-3-6-26(16-29)27-17-30(33(37)36-19-21-8-12-24(13-9-21)34(38)39)32-28(20-40-31(32)18-27)15-22-10-11-23-4-1-2-5-25(23)14-22/h1-14,16-18,20H,15,19H2,(H,36,37)(H,38,39). The van der Waals surface area contributed by atoms with Gasteiger partial charge in [-0.25, -0.2) is 9.18 Å². The molecule has 0 saturated carbocycles. The summed E-state index contributed by atoms with van der Waals surface area (Å²) >= 11 is 1.57. The second-order valence-electron chi connectivity index (χ2n) is 9.71. The maximum absolute atomic E-state index is 14.1. The van der Waals surface area contributed by atoms with E-state index in [1.807, 2.05) is 30.3 Å². The van der Waals surface area contributed by atoms with Gasteiger partial charge in [0.25, 0.3) is 5.91 Å². The van der Waals surface area contributed by atoms with E-state index in [4.69, 9.17) is 5.11 Å². The largest absolute Gasteiger partial charge is 0.478 e. The third-order valence-corrected chi connectivity index (χ3v) is 7.99. The third-order valence-electron chi connectivity index (χ3n) is 7.02. The molecule has 196 valence electrons. The van der Waals surface area contributed by atoms with Gasteiger partial charge in [-0.1, -0.05) is 66.7 Å². The van der Waals surface area contributed by atoms with Crippen molar-refractivity contribution in [1.82, 2.24) is 5.32 Å². The van der Waals surface area contributed by atoms with Crippen LogP contribution in [-0.4, -0.2) is 17.0 Å². The van der Waals surface area contributed by atoms with E-state index in [0.29, 0.717) is 17.5 Å². The Morgan fingerprint density at radius 3 is 2.33 bits per heavy atom. The fourth-order valence-electron chi connectivity index (χ4n) is 4.99. The van der Waals surface area contributed by atoms with E-state index in [1.54, 1.807) is 29.5 Å². The second-order valence-corrected chi connectivity index (χ2v) is 10.6. The maximum Gasteiger partial charge on any atom is 0.335 e. The lowest BCUT2D eigenvalue weighted by atomic mass is 9.95. The molecule has 40 heavy (non-hydrogen) atoms. The van der Waals surface area contributed by atoms with E-state index in [-0.39, 0.29) is 23.8 Å². The summed E-state index contributed by atoms with van der Waals surface area (Å²) in [7, 11) is 0. The molecule has 4 nitrogen and oxygen atoms in total. The molecule has 2 N–H and O–H groups in total. The number of carboxylic acids is 1. The van der Waals surface area contributed by atoms with Crippen molar-refractivity contribution in [2.45, 2.75) is 13.0 Å².